The number of nitrogens with zero attached hydrogens (tertiary/aromatic N) is 3. The van der Waals surface area contributed by atoms with Crippen LogP contribution in [0.25, 0.3) is 11.3 Å². The number of anilines is 1. The second-order valence-corrected chi connectivity index (χ2v) is 5.16. The first-order valence-corrected chi connectivity index (χ1v) is 6.95. The molecule has 19 heavy (non-hydrogen) atoms. The van der Waals surface area contributed by atoms with E-state index in [1.807, 2.05) is 18.6 Å². The van der Waals surface area contributed by atoms with Crippen LogP contribution in [0.5, 0.6) is 0 Å². The highest BCUT2D eigenvalue weighted by Gasteiger charge is 2.14. The van der Waals surface area contributed by atoms with E-state index in [9.17, 15) is 0 Å². The maximum absolute atomic E-state index is 6.02. The van der Waals surface area contributed by atoms with Gasteiger partial charge in [0.1, 0.15) is 0 Å². The smallest absolute Gasteiger partial charge is 0.0956 e. The molecule has 0 radical (unpaired) electrons. The fourth-order valence-electron chi connectivity index (χ4n) is 2.11. The predicted molar refractivity (Wildman–Crippen MR) is 78.0 cm³/mol. The van der Waals surface area contributed by atoms with Gasteiger partial charge >= 0.3 is 0 Å². The molecule has 96 valence electrons. The Balaban J connectivity index is 2.06. The lowest BCUT2D eigenvalue weighted by atomic mass is 10.1. The van der Waals surface area contributed by atoms with E-state index in [4.69, 9.17) is 5.73 Å². The summed E-state index contributed by atoms with van der Waals surface area (Å²) in [6.07, 6.45) is 7.14. The maximum Gasteiger partial charge on any atom is 0.0956 e. The van der Waals surface area contributed by atoms with Gasteiger partial charge in [-0.05, 0) is 35.4 Å². The number of hydrogen-bond acceptors (Lipinski definition) is 4. The van der Waals surface area contributed by atoms with Crippen LogP contribution in [0.2, 0.25) is 0 Å². The van der Waals surface area contributed by atoms with Gasteiger partial charge in [-0.2, -0.15) is 11.3 Å². The number of rotatable bonds is 3. The number of imidazole rings is 1. The SMILES string of the molecule is CC(c1ccsc1)n1cncc1-c1cnccc1N. The number of nitrogens with two attached hydrogens (primary N) is 1. The van der Waals surface area contributed by atoms with Gasteiger partial charge in [0.25, 0.3) is 0 Å². The minimum Gasteiger partial charge on any atom is -0.398 e. The summed E-state index contributed by atoms with van der Waals surface area (Å²) in [4.78, 5) is 8.40. The van der Waals surface area contributed by atoms with Crippen molar-refractivity contribution in [3.05, 3.63) is 53.4 Å². The summed E-state index contributed by atoms with van der Waals surface area (Å²) < 4.78 is 2.12. The van der Waals surface area contributed by atoms with Gasteiger partial charge in [-0.3, -0.25) is 4.98 Å². The molecule has 2 N–H and O–H groups in total. The number of nitrogen functional groups attached to an aromatic ring is 1. The molecular weight excluding hydrogens is 256 g/mol. The molecule has 0 saturated heterocycles. The van der Waals surface area contributed by atoms with Crippen LogP contribution in [-0.2, 0) is 0 Å². The minimum absolute atomic E-state index is 0.225. The molecule has 3 aromatic rings. The normalized spacial score (nSPS) is 12.5. The Morgan fingerprint density at radius 3 is 2.89 bits per heavy atom. The van der Waals surface area contributed by atoms with Gasteiger partial charge in [0.2, 0.25) is 0 Å². The average Bonchev–Trinajstić information content (AvgIpc) is 3.10. The fraction of sp³-hybridized carbons (Fsp3) is 0.143. The minimum atomic E-state index is 0.225. The Hall–Kier alpha value is -2.14. The van der Waals surface area contributed by atoms with E-state index in [1.165, 1.54) is 5.56 Å². The summed E-state index contributed by atoms with van der Waals surface area (Å²) in [6, 6.07) is 4.16. The van der Waals surface area contributed by atoms with Gasteiger partial charge in [-0.25, -0.2) is 4.98 Å². The molecule has 0 aromatic carbocycles. The third kappa shape index (κ3) is 2.13. The van der Waals surface area contributed by atoms with Crippen LogP contribution in [0, 0.1) is 0 Å². The largest absolute Gasteiger partial charge is 0.398 e. The van der Waals surface area contributed by atoms with Crippen molar-refractivity contribution in [2.45, 2.75) is 13.0 Å². The van der Waals surface area contributed by atoms with Gasteiger partial charge in [0.05, 0.1) is 24.3 Å². The number of aromatic nitrogens is 3. The van der Waals surface area contributed by atoms with Gasteiger partial charge in [-0.1, -0.05) is 0 Å². The molecule has 3 aromatic heterocycles. The monoisotopic (exact) mass is 270 g/mol. The highest BCUT2D eigenvalue weighted by Crippen LogP contribution is 2.29. The van der Waals surface area contributed by atoms with Crippen molar-refractivity contribution in [1.82, 2.24) is 14.5 Å². The zero-order chi connectivity index (χ0) is 13.2. The fourth-order valence-corrected chi connectivity index (χ4v) is 2.86. The topological polar surface area (TPSA) is 56.7 Å². The molecule has 1 unspecified atom stereocenters. The molecule has 0 amide bonds. The predicted octanol–water partition coefficient (Wildman–Crippen LogP) is 3.20. The average molecular weight is 270 g/mol. The Morgan fingerprint density at radius 1 is 1.26 bits per heavy atom. The van der Waals surface area contributed by atoms with Crippen molar-refractivity contribution in [1.29, 1.82) is 0 Å². The molecule has 4 nitrogen and oxygen atoms in total. The molecule has 0 saturated carbocycles. The summed E-state index contributed by atoms with van der Waals surface area (Å²) in [5.74, 6) is 0. The first-order valence-electron chi connectivity index (χ1n) is 6.01. The van der Waals surface area contributed by atoms with Gasteiger partial charge < -0.3 is 10.3 Å². The van der Waals surface area contributed by atoms with Gasteiger partial charge in [0.15, 0.2) is 0 Å². The number of thiophene rings is 1. The van der Waals surface area contributed by atoms with Crippen LogP contribution in [-0.4, -0.2) is 14.5 Å². The first kappa shape index (κ1) is 11.9. The molecule has 0 aliphatic rings. The molecule has 3 rings (SSSR count). The molecule has 0 fully saturated rings. The third-order valence-electron chi connectivity index (χ3n) is 3.24. The van der Waals surface area contributed by atoms with E-state index in [-0.39, 0.29) is 6.04 Å². The van der Waals surface area contributed by atoms with E-state index < -0.39 is 0 Å². The Bertz CT molecular complexity index is 672. The summed E-state index contributed by atoms with van der Waals surface area (Å²) >= 11 is 1.70. The summed E-state index contributed by atoms with van der Waals surface area (Å²) in [6.45, 7) is 2.15. The molecule has 0 spiro atoms. The van der Waals surface area contributed by atoms with Crippen molar-refractivity contribution in [2.75, 3.05) is 5.73 Å². The molecule has 0 aliphatic carbocycles. The number of pyridine rings is 1. The van der Waals surface area contributed by atoms with Crippen molar-refractivity contribution >= 4 is 17.0 Å². The van der Waals surface area contributed by atoms with Crippen LogP contribution >= 0.6 is 11.3 Å². The Morgan fingerprint density at radius 2 is 2.16 bits per heavy atom. The lowest BCUT2D eigenvalue weighted by Crippen LogP contribution is -2.07. The molecule has 5 heteroatoms. The standard InChI is InChI=1S/C14H14N4S/c1-10(11-3-5-19-8-11)18-9-17-7-14(18)12-6-16-4-2-13(12)15/h2-10H,1H3,(H2,15,16). The molecule has 0 aliphatic heterocycles. The third-order valence-corrected chi connectivity index (χ3v) is 3.94. The van der Waals surface area contributed by atoms with E-state index in [0.717, 1.165) is 11.3 Å². The second kappa shape index (κ2) is 4.85. The van der Waals surface area contributed by atoms with Gasteiger partial charge in [0, 0.05) is 23.6 Å². The van der Waals surface area contributed by atoms with Crippen LogP contribution in [0.3, 0.4) is 0 Å². The highest BCUT2D eigenvalue weighted by atomic mass is 32.1. The van der Waals surface area contributed by atoms with Gasteiger partial charge in [-0.15, -0.1) is 0 Å². The Labute approximate surface area is 115 Å². The lowest BCUT2D eigenvalue weighted by Gasteiger charge is -2.16. The lowest BCUT2D eigenvalue weighted by molar-refractivity contribution is 0.647. The van der Waals surface area contributed by atoms with E-state index in [0.29, 0.717) is 5.69 Å². The molecule has 3 heterocycles. The van der Waals surface area contributed by atoms with Crippen molar-refractivity contribution in [2.24, 2.45) is 0 Å². The quantitative estimate of drug-likeness (QED) is 0.795. The molecule has 1 atom stereocenters. The highest BCUT2D eigenvalue weighted by molar-refractivity contribution is 7.07. The summed E-state index contributed by atoms with van der Waals surface area (Å²) in [5.41, 5.74) is 9.92. The van der Waals surface area contributed by atoms with Crippen molar-refractivity contribution in [3.8, 4) is 11.3 Å². The number of hydrogen-bond donors (Lipinski definition) is 1. The second-order valence-electron chi connectivity index (χ2n) is 4.38. The van der Waals surface area contributed by atoms with Crippen LogP contribution < -0.4 is 5.73 Å². The Kier molecular flexibility index (Phi) is 3.05. The first-order chi connectivity index (χ1) is 9.27. The summed E-state index contributed by atoms with van der Waals surface area (Å²) in [5, 5.41) is 4.24. The van der Waals surface area contributed by atoms with Crippen molar-refractivity contribution < 1.29 is 0 Å². The summed E-state index contributed by atoms with van der Waals surface area (Å²) in [7, 11) is 0. The molecule has 0 bridgehead atoms. The van der Waals surface area contributed by atoms with Crippen LogP contribution in [0.15, 0.2) is 47.8 Å². The van der Waals surface area contributed by atoms with Crippen molar-refractivity contribution in [3.63, 3.8) is 0 Å². The van der Waals surface area contributed by atoms with E-state index >= 15 is 0 Å². The van der Waals surface area contributed by atoms with E-state index in [2.05, 4.69) is 38.3 Å². The van der Waals surface area contributed by atoms with E-state index in [1.54, 1.807) is 23.7 Å². The molecular formula is C14H14N4S. The zero-order valence-corrected chi connectivity index (χ0v) is 11.3. The van der Waals surface area contributed by atoms with Crippen LogP contribution in [0.1, 0.15) is 18.5 Å². The maximum atomic E-state index is 6.02. The zero-order valence-electron chi connectivity index (χ0n) is 10.5. The van der Waals surface area contributed by atoms with Crippen LogP contribution in [0.4, 0.5) is 5.69 Å².